The topological polar surface area (TPSA) is 64.7 Å². The number of fused-ring (bicyclic) bond motifs is 1. The van der Waals surface area contributed by atoms with Gasteiger partial charge in [-0.05, 0) is 30.9 Å². The van der Waals surface area contributed by atoms with Crippen LogP contribution in [0.5, 0.6) is 0 Å². The molecule has 1 unspecified atom stereocenters. The van der Waals surface area contributed by atoms with E-state index in [1.807, 2.05) is 24.0 Å². The molecule has 3 rings (SSSR count). The van der Waals surface area contributed by atoms with Crippen molar-refractivity contribution in [2.24, 2.45) is 0 Å². The second-order valence-electron chi connectivity index (χ2n) is 6.16. The lowest BCUT2D eigenvalue weighted by Gasteiger charge is -2.30. The Balaban J connectivity index is 1.52. The van der Waals surface area contributed by atoms with Crippen LogP contribution in [0.25, 0.3) is 0 Å². The molecule has 1 saturated heterocycles. The molecule has 2 aliphatic heterocycles. The Bertz CT molecular complexity index is 590. The molecular weight excluding hydrogens is 292 g/mol. The lowest BCUT2D eigenvalue weighted by Crippen LogP contribution is -2.48. The van der Waals surface area contributed by atoms with Crippen molar-refractivity contribution in [3.05, 3.63) is 35.4 Å². The molecular formula is C17H24N4O2. The molecule has 1 fully saturated rings. The van der Waals surface area contributed by atoms with E-state index in [4.69, 9.17) is 0 Å². The lowest BCUT2D eigenvalue weighted by atomic mass is 10.0. The molecule has 0 spiro atoms. The van der Waals surface area contributed by atoms with Gasteiger partial charge in [0.1, 0.15) is 0 Å². The third-order valence-electron chi connectivity index (χ3n) is 4.55. The summed E-state index contributed by atoms with van der Waals surface area (Å²) < 4.78 is 0. The predicted molar refractivity (Wildman–Crippen MR) is 88.1 cm³/mol. The van der Waals surface area contributed by atoms with Crippen LogP contribution >= 0.6 is 0 Å². The van der Waals surface area contributed by atoms with Gasteiger partial charge in [-0.1, -0.05) is 24.3 Å². The van der Waals surface area contributed by atoms with Crippen LogP contribution in [0.1, 0.15) is 24.5 Å². The number of carbonyl (C=O) groups excluding carboxylic acids is 2. The Morgan fingerprint density at radius 1 is 1.13 bits per heavy atom. The number of benzene rings is 1. The molecule has 2 aliphatic rings. The summed E-state index contributed by atoms with van der Waals surface area (Å²) >= 11 is 0. The van der Waals surface area contributed by atoms with Crippen LogP contribution in [0.4, 0.5) is 9.59 Å². The van der Waals surface area contributed by atoms with Crippen LogP contribution in [0, 0.1) is 0 Å². The monoisotopic (exact) mass is 316 g/mol. The molecule has 1 aromatic carbocycles. The zero-order valence-electron chi connectivity index (χ0n) is 13.5. The van der Waals surface area contributed by atoms with E-state index in [2.05, 4.69) is 22.8 Å². The first-order valence-corrected chi connectivity index (χ1v) is 8.32. The summed E-state index contributed by atoms with van der Waals surface area (Å²) in [5.74, 6) is 0. The number of amides is 4. The minimum absolute atomic E-state index is 0.0257. The highest BCUT2D eigenvalue weighted by molar-refractivity contribution is 5.76. The number of nitrogens with one attached hydrogen (secondary N) is 2. The van der Waals surface area contributed by atoms with Gasteiger partial charge in [-0.3, -0.25) is 0 Å². The Labute approximate surface area is 136 Å². The predicted octanol–water partition coefficient (Wildman–Crippen LogP) is 1.56. The van der Waals surface area contributed by atoms with E-state index in [-0.39, 0.29) is 18.1 Å². The number of hydrogen-bond acceptors (Lipinski definition) is 2. The van der Waals surface area contributed by atoms with Gasteiger partial charge in [0, 0.05) is 38.8 Å². The number of likely N-dealkylation sites (tertiary alicyclic amines) is 1. The van der Waals surface area contributed by atoms with Crippen LogP contribution in [-0.2, 0) is 13.0 Å². The van der Waals surface area contributed by atoms with Crippen molar-refractivity contribution < 1.29 is 9.59 Å². The lowest BCUT2D eigenvalue weighted by molar-refractivity contribution is 0.187. The van der Waals surface area contributed by atoms with E-state index in [0.717, 1.165) is 19.4 Å². The number of hydrogen-bond donors (Lipinski definition) is 2. The fraction of sp³-hybridized carbons (Fsp3) is 0.529. The number of rotatable bonds is 2. The molecule has 23 heavy (non-hydrogen) atoms. The maximum Gasteiger partial charge on any atom is 0.317 e. The number of nitrogens with zero attached hydrogens (tertiary/aromatic N) is 2. The Hall–Kier alpha value is -2.24. The third-order valence-corrected chi connectivity index (χ3v) is 4.55. The highest BCUT2D eigenvalue weighted by Crippen LogP contribution is 2.19. The molecule has 1 aromatic rings. The van der Waals surface area contributed by atoms with Gasteiger partial charge < -0.3 is 20.4 Å². The minimum atomic E-state index is -0.0452. The summed E-state index contributed by atoms with van der Waals surface area (Å²) in [6, 6.07) is 8.25. The van der Waals surface area contributed by atoms with Gasteiger partial charge in [0.15, 0.2) is 0 Å². The maximum atomic E-state index is 12.5. The van der Waals surface area contributed by atoms with Gasteiger partial charge in [0.2, 0.25) is 0 Å². The van der Waals surface area contributed by atoms with Crippen molar-refractivity contribution in [3.8, 4) is 0 Å². The molecule has 124 valence electrons. The van der Waals surface area contributed by atoms with Gasteiger partial charge in [-0.2, -0.15) is 0 Å². The number of urea groups is 2. The van der Waals surface area contributed by atoms with E-state index >= 15 is 0 Å². The van der Waals surface area contributed by atoms with Crippen LogP contribution in [0.15, 0.2) is 24.3 Å². The molecule has 0 bridgehead atoms. The Morgan fingerprint density at radius 3 is 2.70 bits per heavy atom. The van der Waals surface area contributed by atoms with Gasteiger partial charge in [-0.15, -0.1) is 0 Å². The standard InChI is InChI=1S/C17H24N4O2/c1-2-18-16(22)21-10-8-15(12-21)19-17(23)20-9-7-13-5-3-4-6-14(13)11-20/h3-6,15H,2,7-12H2,1H3,(H,18,22)(H,19,23). The summed E-state index contributed by atoms with van der Waals surface area (Å²) in [4.78, 5) is 27.9. The minimum Gasteiger partial charge on any atom is -0.338 e. The first-order valence-electron chi connectivity index (χ1n) is 8.32. The van der Waals surface area contributed by atoms with Crippen molar-refractivity contribution in [1.29, 1.82) is 0 Å². The summed E-state index contributed by atoms with van der Waals surface area (Å²) in [5, 5.41) is 5.87. The summed E-state index contributed by atoms with van der Waals surface area (Å²) in [5.41, 5.74) is 2.56. The zero-order chi connectivity index (χ0) is 16.2. The van der Waals surface area contributed by atoms with E-state index in [0.29, 0.717) is 26.2 Å². The fourth-order valence-corrected chi connectivity index (χ4v) is 3.26. The summed E-state index contributed by atoms with van der Waals surface area (Å²) in [7, 11) is 0. The fourth-order valence-electron chi connectivity index (χ4n) is 3.26. The van der Waals surface area contributed by atoms with Crippen LogP contribution in [-0.4, -0.2) is 54.1 Å². The molecule has 6 nitrogen and oxygen atoms in total. The van der Waals surface area contributed by atoms with Crippen molar-refractivity contribution >= 4 is 12.1 Å². The highest BCUT2D eigenvalue weighted by atomic mass is 16.2. The third kappa shape index (κ3) is 3.57. The van der Waals surface area contributed by atoms with Crippen LogP contribution < -0.4 is 10.6 Å². The quantitative estimate of drug-likeness (QED) is 0.869. The van der Waals surface area contributed by atoms with E-state index < -0.39 is 0 Å². The average Bonchev–Trinajstić information content (AvgIpc) is 3.03. The molecule has 0 saturated carbocycles. The van der Waals surface area contributed by atoms with Crippen molar-refractivity contribution in [1.82, 2.24) is 20.4 Å². The summed E-state index contributed by atoms with van der Waals surface area (Å²) in [6.07, 6.45) is 1.71. The molecule has 2 heterocycles. The number of carbonyl (C=O) groups is 2. The van der Waals surface area contributed by atoms with Crippen molar-refractivity contribution in [3.63, 3.8) is 0 Å². The first kappa shape index (κ1) is 15.6. The second kappa shape index (κ2) is 6.89. The van der Waals surface area contributed by atoms with Gasteiger partial charge in [0.25, 0.3) is 0 Å². The highest BCUT2D eigenvalue weighted by Gasteiger charge is 2.29. The SMILES string of the molecule is CCNC(=O)N1CCC(NC(=O)N2CCc3ccccc3C2)C1. The van der Waals surface area contributed by atoms with Gasteiger partial charge in [0.05, 0.1) is 0 Å². The van der Waals surface area contributed by atoms with E-state index in [1.54, 1.807) is 4.90 Å². The Morgan fingerprint density at radius 2 is 1.91 bits per heavy atom. The van der Waals surface area contributed by atoms with Gasteiger partial charge >= 0.3 is 12.1 Å². The molecule has 0 radical (unpaired) electrons. The second-order valence-corrected chi connectivity index (χ2v) is 6.16. The average molecular weight is 316 g/mol. The van der Waals surface area contributed by atoms with Crippen LogP contribution in [0.2, 0.25) is 0 Å². The van der Waals surface area contributed by atoms with E-state index in [1.165, 1.54) is 11.1 Å². The molecule has 0 aliphatic carbocycles. The molecule has 4 amide bonds. The maximum absolute atomic E-state index is 12.5. The molecule has 6 heteroatoms. The van der Waals surface area contributed by atoms with Gasteiger partial charge in [-0.25, -0.2) is 9.59 Å². The molecule has 1 atom stereocenters. The summed E-state index contributed by atoms with van der Waals surface area (Å²) in [6.45, 7) is 5.22. The molecule has 2 N–H and O–H groups in total. The zero-order valence-corrected chi connectivity index (χ0v) is 13.5. The van der Waals surface area contributed by atoms with Crippen molar-refractivity contribution in [2.75, 3.05) is 26.2 Å². The largest absolute Gasteiger partial charge is 0.338 e. The van der Waals surface area contributed by atoms with Crippen LogP contribution in [0.3, 0.4) is 0 Å². The van der Waals surface area contributed by atoms with E-state index in [9.17, 15) is 9.59 Å². The van der Waals surface area contributed by atoms with Crippen molar-refractivity contribution in [2.45, 2.75) is 32.4 Å². The Kier molecular flexibility index (Phi) is 4.69. The smallest absolute Gasteiger partial charge is 0.317 e. The normalized spacial score (nSPS) is 20.1. The molecule has 0 aromatic heterocycles. The first-order chi connectivity index (χ1) is 11.2.